The van der Waals surface area contributed by atoms with E-state index in [0.29, 0.717) is 24.2 Å². The van der Waals surface area contributed by atoms with Crippen molar-refractivity contribution in [2.75, 3.05) is 18.0 Å². The van der Waals surface area contributed by atoms with Crippen LogP contribution in [-0.2, 0) is 6.42 Å². The summed E-state index contributed by atoms with van der Waals surface area (Å²) >= 11 is 0. The lowest BCUT2D eigenvalue weighted by molar-refractivity contribution is 0.0257. The zero-order chi connectivity index (χ0) is 21.0. The molecule has 3 heterocycles. The van der Waals surface area contributed by atoms with Crippen molar-refractivity contribution in [3.05, 3.63) is 65.0 Å². The molecule has 5 rings (SSSR count). The van der Waals surface area contributed by atoms with Crippen LogP contribution in [0.2, 0.25) is 0 Å². The highest BCUT2D eigenvalue weighted by Crippen LogP contribution is 2.41. The second kappa shape index (κ2) is 6.58. The van der Waals surface area contributed by atoms with Gasteiger partial charge in [-0.3, -0.25) is 9.78 Å². The maximum atomic E-state index is 13.6. The van der Waals surface area contributed by atoms with Crippen LogP contribution >= 0.6 is 0 Å². The number of fused-ring (bicyclic) bond motifs is 3. The minimum atomic E-state index is -2.65. The minimum Gasteiger partial charge on any atom is -0.366 e. The number of aromatic nitrogens is 2. The number of rotatable bonds is 3. The Labute approximate surface area is 172 Å². The fraction of sp³-hybridized carbons (Fsp3) is 0.261. The molecule has 1 aliphatic carbocycles. The van der Waals surface area contributed by atoms with Gasteiger partial charge in [0.2, 0.25) is 5.91 Å². The highest BCUT2D eigenvalue weighted by Gasteiger charge is 2.38. The van der Waals surface area contributed by atoms with Gasteiger partial charge in [-0.25, -0.2) is 13.8 Å². The van der Waals surface area contributed by atoms with E-state index in [9.17, 15) is 13.6 Å². The zero-order valence-electron chi connectivity index (χ0n) is 16.5. The van der Waals surface area contributed by atoms with Crippen LogP contribution in [0.1, 0.15) is 33.6 Å². The minimum absolute atomic E-state index is 0.133. The second-order valence-electron chi connectivity index (χ2n) is 7.98. The first-order valence-electron chi connectivity index (χ1n) is 9.83. The first kappa shape index (κ1) is 18.7. The quantitative estimate of drug-likeness (QED) is 0.559. The van der Waals surface area contributed by atoms with Gasteiger partial charge in [-0.1, -0.05) is 6.07 Å². The highest BCUT2D eigenvalue weighted by molar-refractivity contribution is 5.98. The monoisotopic (exact) mass is 406 g/mol. The SMILES string of the molecule is Cc1ccc(-c2cc(C(N)=O)c3c(n2)-c2ccc(N4CCC(F)(F)C4)cc2C3)cn1. The van der Waals surface area contributed by atoms with Gasteiger partial charge < -0.3 is 10.6 Å². The van der Waals surface area contributed by atoms with E-state index >= 15 is 0 Å². The maximum absolute atomic E-state index is 13.6. The molecule has 0 unspecified atom stereocenters. The molecular formula is C23H20F2N4O. The summed E-state index contributed by atoms with van der Waals surface area (Å²) < 4.78 is 27.3. The Hall–Kier alpha value is -3.35. The normalized spacial score (nSPS) is 16.4. The van der Waals surface area contributed by atoms with Gasteiger partial charge in [0, 0.05) is 53.7 Å². The van der Waals surface area contributed by atoms with Crippen LogP contribution in [0, 0.1) is 6.92 Å². The number of nitrogens with zero attached hydrogens (tertiary/aromatic N) is 3. The van der Waals surface area contributed by atoms with E-state index in [2.05, 4.69) is 4.98 Å². The molecule has 0 spiro atoms. The molecule has 1 aromatic carbocycles. The molecule has 3 aromatic rings. The number of aryl methyl sites for hydroxylation is 1. The number of carbonyl (C=O) groups excluding carboxylic acids is 1. The predicted molar refractivity (Wildman–Crippen MR) is 111 cm³/mol. The molecule has 0 atom stereocenters. The third-order valence-corrected chi connectivity index (χ3v) is 5.84. The lowest BCUT2D eigenvalue weighted by Crippen LogP contribution is -2.24. The number of carbonyl (C=O) groups is 1. The van der Waals surface area contributed by atoms with Crippen LogP contribution in [0.4, 0.5) is 14.5 Å². The molecule has 1 aliphatic heterocycles. The number of hydrogen-bond donors (Lipinski definition) is 1. The van der Waals surface area contributed by atoms with E-state index in [1.54, 1.807) is 17.2 Å². The fourth-order valence-electron chi connectivity index (χ4n) is 4.26. The Morgan fingerprint density at radius 1 is 1.20 bits per heavy atom. The van der Waals surface area contributed by atoms with Crippen LogP contribution in [-0.4, -0.2) is 34.9 Å². The Morgan fingerprint density at radius 3 is 2.70 bits per heavy atom. The van der Waals surface area contributed by atoms with Crippen molar-refractivity contribution in [1.82, 2.24) is 9.97 Å². The lowest BCUT2D eigenvalue weighted by Gasteiger charge is -2.19. The Kier molecular flexibility index (Phi) is 4.10. The van der Waals surface area contributed by atoms with E-state index in [1.165, 1.54) is 0 Å². The van der Waals surface area contributed by atoms with Gasteiger partial charge in [-0.2, -0.15) is 0 Å². The molecular weight excluding hydrogens is 386 g/mol. The average Bonchev–Trinajstić information content (AvgIpc) is 3.26. The summed E-state index contributed by atoms with van der Waals surface area (Å²) in [7, 11) is 0. The van der Waals surface area contributed by atoms with Crippen molar-refractivity contribution in [2.24, 2.45) is 5.73 Å². The van der Waals surface area contributed by atoms with E-state index in [0.717, 1.165) is 39.3 Å². The number of hydrogen-bond acceptors (Lipinski definition) is 4. The summed E-state index contributed by atoms with van der Waals surface area (Å²) in [4.78, 5) is 23.0. The maximum Gasteiger partial charge on any atom is 0.266 e. The molecule has 1 fully saturated rings. The van der Waals surface area contributed by atoms with Crippen molar-refractivity contribution in [1.29, 1.82) is 0 Å². The van der Waals surface area contributed by atoms with Crippen molar-refractivity contribution in [3.8, 4) is 22.5 Å². The smallest absolute Gasteiger partial charge is 0.266 e. The molecule has 2 aromatic heterocycles. The van der Waals surface area contributed by atoms with Crippen LogP contribution in [0.5, 0.6) is 0 Å². The number of nitrogens with two attached hydrogens (primary N) is 1. The molecule has 1 saturated heterocycles. The largest absolute Gasteiger partial charge is 0.366 e. The van der Waals surface area contributed by atoms with Gasteiger partial charge >= 0.3 is 0 Å². The van der Waals surface area contributed by atoms with E-state index in [1.807, 2.05) is 37.3 Å². The number of alkyl halides is 2. The van der Waals surface area contributed by atoms with Crippen molar-refractivity contribution in [2.45, 2.75) is 25.7 Å². The molecule has 7 heteroatoms. The summed E-state index contributed by atoms with van der Waals surface area (Å²) in [6.45, 7) is 1.96. The standard InChI is InChI=1S/C23H20F2N4O/c1-13-2-3-14(11-27-13)20-10-19(22(26)30)18-9-15-8-16(4-5-17(15)21(18)28-20)29-7-6-23(24,25)12-29/h2-5,8,10-11H,6-7,9,12H2,1H3,(H2,26,30). The molecule has 0 radical (unpaired) electrons. The first-order valence-corrected chi connectivity index (χ1v) is 9.83. The van der Waals surface area contributed by atoms with Crippen molar-refractivity contribution in [3.63, 3.8) is 0 Å². The van der Waals surface area contributed by atoms with E-state index in [4.69, 9.17) is 10.7 Å². The molecule has 2 aliphatic rings. The highest BCUT2D eigenvalue weighted by atomic mass is 19.3. The fourth-order valence-corrected chi connectivity index (χ4v) is 4.26. The second-order valence-corrected chi connectivity index (χ2v) is 7.98. The number of halogens is 2. The topological polar surface area (TPSA) is 72.1 Å². The average molecular weight is 406 g/mol. The van der Waals surface area contributed by atoms with Gasteiger partial charge in [-0.05, 0) is 48.4 Å². The third kappa shape index (κ3) is 3.10. The third-order valence-electron chi connectivity index (χ3n) is 5.84. The predicted octanol–water partition coefficient (Wildman–Crippen LogP) is 3.97. The summed E-state index contributed by atoms with van der Waals surface area (Å²) in [5, 5.41) is 0. The molecule has 2 N–H and O–H groups in total. The Bertz CT molecular complexity index is 1170. The van der Waals surface area contributed by atoms with Crippen LogP contribution in [0.15, 0.2) is 42.6 Å². The zero-order valence-corrected chi connectivity index (χ0v) is 16.5. The number of amides is 1. The van der Waals surface area contributed by atoms with E-state index < -0.39 is 11.8 Å². The Morgan fingerprint density at radius 2 is 2.03 bits per heavy atom. The number of pyridine rings is 2. The number of primary amides is 1. The summed E-state index contributed by atoms with van der Waals surface area (Å²) in [6, 6.07) is 11.2. The molecule has 0 bridgehead atoms. The summed E-state index contributed by atoms with van der Waals surface area (Å²) in [5.74, 6) is -3.16. The summed E-state index contributed by atoms with van der Waals surface area (Å²) in [5.41, 5.74) is 12.6. The van der Waals surface area contributed by atoms with Crippen molar-refractivity contribution < 1.29 is 13.6 Å². The van der Waals surface area contributed by atoms with Crippen molar-refractivity contribution >= 4 is 11.6 Å². The van der Waals surface area contributed by atoms with Gasteiger partial charge in [0.15, 0.2) is 0 Å². The van der Waals surface area contributed by atoms with Crippen LogP contribution in [0.3, 0.4) is 0 Å². The molecule has 152 valence electrons. The Balaban J connectivity index is 1.58. The summed E-state index contributed by atoms with van der Waals surface area (Å²) in [6.07, 6.45) is 2.09. The first-order chi connectivity index (χ1) is 14.3. The number of benzene rings is 1. The molecule has 30 heavy (non-hydrogen) atoms. The van der Waals surface area contributed by atoms with Gasteiger partial charge in [0.1, 0.15) is 0 Å². The van der Waals surface area contributed by atoms with Crippen LogP contribution < -0.4 is 10.6 Å². The van der Waals surface area contributed by atoms with Gasteiger partial charge in [0.05, 0.1) is 17.9 Å². The lowest BCUT2D eigenvalue weighted by atomic mass is 10.0. The van der Waals surface area contributed by atoms with Gasteiger partial charge in [-0.15, -0.1) is 0 Å². The van der Waals surface area contributed by atoms with E-state index in [-0.39, 0.29) is 13.0 Å². The van der Waals surface area contributed by atoms with Gasteiger partial charge in [0.25, 0.3) is 5.92 Å². The molecule has 0 saturated carbocycles. The number of anilines is 1. The van der Waals surface area contributed by atoms with Crippen LogP contribution in [0.25, 0.3) is 22.5 Å². The molecule has 1 amide bonds. The molecule has 5 nitrogen and oxygen atoms in total.